The van der Waals surface area contributed by atoms with Gasteiger partial charge in [0.05, 0.1) is 0 Å². The standard InChI is InChI=1S/C14H21N3O2/c1-2-3-7-10-16-12(13(18)17-14(15)19)11-8-5-4-6-9-11/h4-6,8-9,12,16H,2-3,7,10H2,1H3,(H3,15,17,18,19)/t12-/m0/s1. The van der Waals surface area contributed by atoms with Gasteiger partial charge in [-0.05, 0) is 18.5 Å². The van der Waals surface area contributed by atoms with Crippen molar-refractivity contribution >= 4 is 11.9 Å². The van der Waals surface area contributed by atoms with Gasteiger partial charge in [0, 0.05) is 0 Å². The molecule has 19 heavy (non-hydrogen) atoms. The maximum Gasteiger partial charge on any atom is 0.318 e. The molecule has 3 amide bonds. The molecule has 1 aromatic rings. The van der Waals surface area contributed by atoms with Gasteiger partial charge < -0.3 is 11.1 Å². The van der Waals surface area contributed by atoms with Crippen molar-refractivity contribution in [1.29, 1.82) is 0 Å². The van der Waals surface area contributed by atoms with Gasteiger partial charge in [-0.15, -0.1) is 0 Å². The molecule has 1 atom stereocenters. The van der Waals surface area contributed by atoms with Crippen molar-refractivity contribution in [3.8, 4) is 0 Å². The average molecular weight is 263 g/mol. The highest BCUT2D eigenvalue weighted by Crippen LogP contribution is 2.12. The van der Waals surface area contributed by atoms with E-state index in [-0.39, 0.29) is 0 Å². The molecule has 0 aliphatic heterocycles. The van der Waals surface area contributed by atoms with Crippen LogP contribution in [0.25, 0.3) is 0 Å². The number of unbranched alkanes of at least 4 members (excludes halogenated alkanes) is 2. The van der Waals surface area contributed by atoms with E-state index in [1.54, 1.807) is 0 Å². The van der Waals surface area contributed by atoms with Gasteiger partial charge in [-0.25, -0.2) is 4.79 Å². The van der Waals surface area contributed by atoms with Gasteiger partial charge in [0.15, 0.2) is 0 Å². The summed E-state index contributed by atoms with van der Waals surface area (Å²) in [5.74, 6) is -0.421. The number of nitrogens with one attached hydrogen (secondary N) is 2. The molecule has 104 valence electrons. The molecule has 0 aromatic heterocycles. The van der Waals surface area contributed by atoms with E-state index in [1.165, 1.54) is 0 Å². The van der Waals surface area contributed by atoms with Crippen LogP contribution in [-0.2, 0) is 4.79 Å². The van der Waals surface area contributed by atoms with E-state index < -0.39 is 18.0 Å². The Hall–Kier alpha value is -1.88. The third-order valence-electron chi connectivity index (χ3n) is 2.77. The van der Waals surface area contributed by atoms with E-state index in [2.05, 4.69) is 17.6 Å². The number of benzene rings is 1. The van der Waals surface area contributed by atoms with Crippen LogP contribution in [0.15, 0.2) is 30.3 Å². The second kappa shape index (κ2) is 8.26. The van der Waals surface area contributed by atoms with Crippen molar-refractivity contribution in [3.05, 3.63) is 35.9 Å². The fourth-order valence-corrected chi connectivity index (χ4v) is 1.82. The Morgan fingerprint density at radius 3 is 2.47 bits per heavy atom. The Labute approximate surface area is 113 Å². The SMILES string of the molecule is CCCCCN[C@H](C(=O)NC(N)=O)c1ccccc1. The molecule has 0 saturated heterocycles. The van der Waals surface area contributed by atoms with Crippen molar-refractivity contribution in [2.75, 3.05) is 6.54 Å². The van der Waals surface area contributed by atoms with E-state index in [0.29, 0.717) is 0 Å². The van der Waals surface area contributed by atoms with Crippen molar-refractivity contribution in [2.45, 2.75) is 32.2 Å². The molecule has 0 radical (unpaired) electrons. The number of hydrogen-bond acceptors (Lipinski definition) is 3. The van der Waals surface area contributed by atoms with Crippen LogP contribution in [0.2, 0.25) is 0 Å². The molecular weight excluding hydrogens is 242 g/mol. The van der Waals surface area contributed by atoms with Crippen molar-refractivity contribution in [1.82, 2.24) is 10.6 Å². The topological polar surface area (TPSA) is 84.2 Å². The van der Waals surface area contributed by atoms with Gasteiger partial charge in [-0.2, -0.15) is 0 Å². The van der Waals surface area contributed by atoms with Crippen molar-refractivity contribution in [2.24, 2.45) is 5.73 Å². The highest BCUT2D eigenvalue weighted by atomic mass is 16.2. The van der Waals surface area contributed by atoms with Crippen molar-refractivity contribution in [3.63, 3.8) is 0 Å². The van der Waals surface area contributed by atoms with Gasteiger partial charge in [-0.1, -0.05) is 50.1 Å². The van der Waals surface area contributed by atoms with Crippen molar-refractivity contribution < 1.29 is 9.59 Å². The predicted molar refractivity (Wildman–Crippen MR) is 74.4 cm³/mol. The number of hydrogen-bond donors (Lipinski definition) is 3. The average Bonchev–Trinajstić information content (AvgIpc) is 2.39. The van der Waals surface area contributed by atoms with Gasteiger partial charge in [0.25, 0.3) is 0 Å². The zero-order chi connectivity index (χ0) is 14.1. The van der Waals surface area contributed by atoms with Gasteiger partial charge in [0.2, 0.25) is 5.91 Å². The lowest BCUT2D eigenvalue weighted by Crippen LogP contribution is -2.43. The number of carbonyl (C=O) groups excluding carboxylic acids is 2. The largest absolute Gasteiger partial charge is 0.351 e. The van der Waals surface area contributed by atoms with Gasteiger partial charge in [0.1, 0.15) is 6.04 Å². The molecule has 0 fully saturated rings. The number of imide groups is 1. The molecule has 5 nitrogen and oxygen atoms in total. The minimum Gasteiger partial charge on any atom is -0.351 e. The molecule has 0 bridgehead atoms. The number of urea groups is 1. The zero-order valence-electron chi connectivity index (χ0n) is 11.2. The Morgan fingerprint density at radius 2 is 1.89 bits per heavy atom. The lowest BCUT2D eigenvalue weighted by atomic mass is 10.1. The molecule has 0 aliphatic carbocycles. The Kier molecular flexibility index (Phi) is 6.60. The Bertz CT molecular complexity index is 406. The maximum atomic E-state index is 11.9. The minimum absolute atomic E-state index is 0.421. The second-order valence-corrected chi connectivity index (χ2v) is 4.36. The van der Waals surface area contributed by atoms with E-state index in [1.807, 2.05) is 30.3 Å². The molecule has 1 rings (SSSR count). The summed E-state index contributed by atoms with van der Waals surface area (Å²) in [6.07, 6.45) is 3.21. The lowest BCUT2D eigenvalue weighted by molar-refractivity contribution is -0.122. The molecule has 0 unspecified atom stereocenters. The first-order valence-corrected chi connectivity index (χ1v) is 6.53. The third kappa shape index (κ3) is 5.52. The molecule has 4 N–H and O–H groups in total. The van der Waals surface area contributed by atoms with E-state index in [4.69, 9.17) is 5.73 Å². The maximum absolute atomic E-state index is 11.9. The number of carbonyl (C=O) groups is 2. The Balaban J connectivity index is 2.68. The third-order valence-corrected chi connectivity index (χ3v) is 2.77. The molecule has 5 heteroatoms. The molecule has 0 aliphatic rings. The molecule has 0 saturated carbocycles. The number of amides is 3. The van der Waals surface area contributed by atoms with Crippen LogP contribution in [0.5, 0.6) is 0 Å². The van der Waals surface area contributed by atoms with E-state index >= 15 is 0 Å². The summed E-state index contributed by atoms with van der Waals surface area (Å²) < 4.78 is 0. The highest BCUT2D eigenvalue weighted by Gasteiger charge is 2.20. The smallest absolute Gasteiger partial charge is 0.318 e. The van der Waals surface area contributed by atoms with Crippen LogP contribution in [0.3, 0.4) is 0 Å². The first-order chi connectivity index (χ1) is 9.15. The first kappa shape index (κ1) is 15.2. The van der Waals surface area contributed by atoms with Crippen LogP contribution in [0, 0.1) is 0 Å². The molecule has 0 heterocycles. The highest BCUT2D eigenvalue weighted by molar-refractivity contribution is 5.96. The summed E-state index contributed by atoms with van der Waals surface area (Å²) in [4.78, 5) is 22.7. The normalized spacial score (nSPS) is 11.8. The summed E-state index contributed by atoms with van der Waals surface area (Å²) in [5, 5.41) is 5.28. The molecule has 0 spiro atoms. The Morgan fingerprint density at radius 1 is 1.21 bits per heavy atom. The summed E-state index contributed by atoms with van der Waals surface area (Å²) in [5.41, 5.74) is 5.80. The first-order valence-electron chi connectivity index (χ1n) is 6.53. The van der Waals surface area contributed by atoms with Crippen LogP contribution < -0.4 is 16.4 Å². The lowest BCUT2D eigenvalue weighted by Gasteiger charge is -2.17. The molecular formula is C14H21N3O2. The summed E-state index contributed by atoms with van der Waals surface area (Å²) >= 11 is 0. The van der Waals surface area contributed by atoms with E-state index in [0.717, 1.165) is 31.4 Å². The number of nitrogens with two attached hydrogens (primary N) is 1. The van der Waals surface area contributed by atoms with Gasteiger partial charge >= 0.3 is 6.03 Å². The van der Waals surface area contributed by atoms with Crippen LogP contribution in [0.1, 0.15) is 37.8 Å². The zero-order valence-corrected chi connectivity index (χ0v) is 11.2. The quantitative estimate of drug-likeness (QED) is 0.655. The predicted octanol–water partition coefficient (Wildman–Crippen LogP) is 1.70. The fraction of sp³-hybridized carbons (Fsp3) is 0.429. The molecule has 1 aromatic carbocycles. The number of rotatable bonds is 7. The van der Waals surface area contributed by atoms with Crippen LogP contribution >= 0.6 is 0 Å². The number of primary amides is 1. The monoisotopic (exact) mass is 263 g/mol. The second-order valence-electron chi connectivity index (χ2n) is 4.36. The summed E-state index contributed by atoms with van der Waals surface area (Å²) in [7, 11) is 0. The minimum atomic E-state index is -0.832. The van der Waals surface area contributed by atoms with Crippen LogP contribution in [0.4, 0.5) is 4.79 Å². The summed E-state index contributed by atoms with van der Waals surface area (Å²) in [6, 6.07) is 7.90. The fourth-order valence-electron chi connectivity index (χ4n) is 1.82. The van der Waals surface area contributed by atoms with Crippen LogP contribution in [-0.4, -0.2) is 18.5 Å². The van der Waals surface area contributed by atoms with Gasteiger partial charge in [-0.3, -0.25) is 10.1 Å². The summed E-state index contributed by atoms with van der Waals surface area (Å²) in [6.45, 7) is 2.84. The van der Waals surface area contributed by atoms with E-state index in [9.17, 15) is 9.59 Å².